The number of hydrogen-bond acceptors (Lipinski definition) is 3. The van der Waals surface area contributed by atoms with Crippen molar-refractivity contribution in [3.8, 4) is 0 Å². The molecule has 0 aromatic carbocycles. The summed E-state index contributed by atoms with van der Waals surface area (Å²) in [5.41, 5.74) is 0. The van der Waals surface area contributed by atoms with Gasteiger partial charge in [-0.05, 0) is 52.6 Å². The maximum atomic E-state index is 9.09. The molecule has 1 atom stereocenters. The third-order valence-electron chi connectivity index (χ3n) is 3.31. The maximum Gasteiger partial charge on any atom is 0.0585 e. The summed E-state index contributed by atoms with van der Waals surface area (Å²) in [7, 11) is 1.92. The third kappa shape index (κ3) is 4.96. The van der Waals surface area contributed by atoms with Crippen LogP contribution in [0.5, 0.6) is 0 Å². The Kier molecular flexibility index (Phi) is 5.58. The van der Waals surface area contributed by atoms with Gasteiger partial charge >= 0.3 is 0 Å². The zero-order chi connectivity index (χ0) is 11.3. The van der Waals surface area contributed by atoms with Crippen LogP contribution in [0.15, 0.2) is 0 Å². The van der Waals surface area contributed by atoms with Gasteiger partial charge in [0.1, 0.15) is 0 Å². The lowest BCUT2D eigenvalue weighted by atomic mass is 10.2. The van der Waals surface area contributed by atoms with E-state index in [9.17, 15) is 0 Å². The van der Waals surface area contributed by atoms with Gasteiger partial charge in [-0.2, -0.15) is 0 Å². The maximum absolute atomic E-state index is 9.09. The van der Waals surface area contributed by atoms with Crippen molar-refractivity contribution in [3.63, 3.8) is 0 Å². The second-order valence-electron chi connectivity index (χ2n) is 4.99. The van der Waals surface area contributed by atoms with E-state index in [1.54, 1.807) is 0 Å². The van der Waals surface area contributed by atoms with E-state index < -0.39 is 0 Å². The molecule has 3 heteroatoms. The van der Waals surface area contributed by atoms with Crippen molar-refractivity contribution in [1.29, 1.82) is 0 Å². The zero-order valence-electron chi connectivity index (χ0n) is 10.4. The Morgan fingerprint density at radius 2 is 2.07 bits per heavy atom. The van der Waals surface area contributed by atoms with Crippen LogP contribution in [0.25, 0.3) is 0 Å². The Labute approximate surface area is 93.9 Å². The highest BCUT2D eigenvalue weighted by Crippen LogP contribution is 2.30. The molecule has 0 amide bonds. The molecule has 0 bridgehead atoms. The lowest BCUT2D eigenvalue weighted by Gasteiger charge is -2.28. The smallest absolute Gasteiger partial charge is 0.0585 e. The summed E-state index contributed by atoms with van der Waals surface area (Å²) in [4.78, 5) is 2.54. The molecule has 15 heavy (non-hydrogen) atoms. The van der Waals surface area contributed by atoms with Crippen molar-refractivity contribution in [2.24, 2.45) is 5.92 Å². The first-order valence-electron chi connectivity index (χ1n) is 6.19. The number of rotatable bonds is 8. The first-order valence-corrected chi connectivity index (χ1v) is 6.19. The molecule has 3 nitrogen and oxygen atoms in total. The van der Waals surface area contributed by atoms with Crippen LogP contribution in [-0.4, -0.2) is 48.8 Å². The van der Waals surface area contributed by atoms with Crippen molar-refractivity contribution in [2.45, 2.75) is 45.2 Å². The van der Waals surface area contributed by atoms with E-state index in [1.807, 2.05) is 7.05 Å². The first kappa shape index (κ1) is 12.9. The van der Waals surface area contributed by atoms with Crippen LogP contribution in [0.2, 0.25) is 0 Å². The van der Waals surface area contributed by atoms with Gasteiger partial charge in [-0.1, -0.05) is 0 Å². The molecule has 1 aliphatic rings. The summed E-state index contributed by atoms with van der Waals surface area (Å²) in [6.45, 7) is 7.11. The fourth-order valence-corrected chi connectivity index (χ4v) is 1.84. The fourth-order valence-electron chi connectivity index (χ4n) is 1.84. The molecule has 1 aliphatic carbocycles. The average Bonchev–Trinajstić information content (AvgIpc) is 3.01. The Bertz CT molecular complexity index is 165. The minimum atomic E-state index is 0.242. The molecule has 0 aliphatic heterocycles. The van der Waals surface area contributed by atoms with Crippen molar-refractivity contribution >= 4 is 0 Å². The van der Waals surface area contributed by atoms with E-state index >= 15 is 0 Å². The van der Waals surface area contributed by atoms with E-state index in [-0.39, 0.29) is 12.6 Å². The minimum Gasteiger partial charge on any atom is -0.395 e. The molecular weight excluding hydrogens is 188 g/mol. The molecule has 0 aromatic heterocycles. The summed E-state index contributed by atoms with van der Waals surface area (Å²) in [5.74, 6) is 0.953. The van der Waals surface area contributed by atoms with Crippen molar-refractivity contribution < 1.29 is 5.11 Å². The molecule has 1 rings (SSSR count). The van der Waals surface area contributed by atoms with Crippen LogP contribution in [0.3, 0.4) is 0 Å². The monoisotopic (exact) mass is 214 g/mol. The van der Waals surface area contributed by atoms with Gasteiger partial charge in [0.25, 0.3) is 0 Å². The first-order chi connectivity index (χ1) is 7.17. The van der Waals surface area contributed by atoms with Crippen LogP contribution in [-0.2, 0) is 0 Å². The largest absolute Gasteiger partial charge is 0.395 e. The van der Waals surface area contributed by atoms with Gasteiger partial charge in [0.2, 0.25) is 0 Å². The van der Waals surface area contributed by atoms with Crippen molar-refractivity contribution in [1.82, 2.24) is 10.2 Å². The molecule has 2 N–H and O–H groups in total. The van der Waals surface area contributed by atoms with Gasteiger partial charge in [-0.3, -0.25) is 0 Å². The molecule has 90 valence electrons. The van der Waals surface area contributed by atoms with E-state index in [1.165, 1.54) is 19.4 Å². The minimum absolute atomic E-state index is 0.242. The van der Waals surface area contributed by atoms with Crippen LogP contribution < -0.4 is 5.32 Å². The van der Waals surface area contributed by atoms with Gasteiger partial charge < -0.3 is 15.3 Å². The number of aliphatic hydroxyl groups is 1. The highest BCUT2D eigenvalue weighted by molar-refractivity contribution is 4.79. The second-order valence-corrected chi connectivity index (χ2v) is 4.99. The molecule has 0 spiro atoms. The van der Waals surface area contributed by atoms with Gasteiger partial charge in [0.05, 0.1) is 6.61 Å². The summed E-state index contributed by atoms with van der Waals surface area (Å²) in [6, 6.07) is 0.882. The topological polar surface area (TPSA) is 35.5 Å². The van der Waals surface area contributed by atoms with Crippen LogP contribution >= 0.6 is 0 Å². The SMILES string of the molecule is CNC(CO)CCN(CC1CC1)C(C)C. The predicted octanol–water partition coefficient (Wildman–Crippen LogP) is 1.08. The molecule has 1 unspecified atom stereocenters. The lowest BCUT2D eigenvalue weighted by molar-refractivity contribution is 0.180. The standard InChI is InChI=1S/C12H26N2O/c1-10(2)14(8-11-4-5-11)7-6-12(9-15)13-3/h10-13,15H,4-9H2,1-3H3. The van der Waals surface area contributed by atoms with Gasteiger partial charge in [0.15, 0.2) is 0 Å². The molecule has 0 aromatic rings. The molecule has 1 saturated carbocycles. The van der Waals surface area contributed by atoms with E-state index in [0.717, 1.165) is 18.9 Å². The summed E-state index contributed by atoms with van der Waals surface area (Å²) in [5, 5.41) is 12.2. The predicted molar refractivity (Wildman–Crippen MR) is 64.0 cm³/mol. The molecule has 0 radical (unpaired) electrons. The summed E-state index contributed by atoms with van der Waals surface area (Å²) < 4.78 is 0. The number of nitrogens with zero attached hydrogens (tertiary/aromatic N) is 1. The second kappa shape index (κ2) is 6.46. The number of aliphatic hydroxyl groups excluding tert-OH is 1. The van der Waals surface area contributed by atoms with Gasteiger partial charge in [-0.15, -0.1) is 0 Å². The molecule has 0 saturated heterocycles. The van der Waals surface area contributed by atoms with E-state index in [0.29, 0.717) is 6.04 Å². The Hall–Kier alpha value is -0.120. The molecular formula is C12H26N2O. The van der Waals surface area contributed by atoms with Crippen molar-refractivity contribution in [2.75, 3.05) is 26.7 Å². The van der Waals surface area contributed by atoms with Crippen LogP contribution in [0.4, 0.5) is 0 Å². The zero-order valence-corrected chi connectivity index (χ0v) is 10.4. The number of likely N-dealkylation sites (N-methyl/N-ethyl adjacent to an activating group) is 1. The Balaban J connectivity index is 2.23. The lowest BCUT2D eigenvalue weighted by Crippen LogP contribution is -2.38. The van der Waals surface area contributed by atoms with E-state index in [4.69, 9.17) is 5.11 Å². The van der Waals surface area contributed by atoms with Gasteiger partial charge in [-0.25, -0.2) is 0 Å². The quantitative estimate of drug-likeness (QED) is 0.634. The summed E-state index contributed by atoms with van der Waals surface area (Å²) in [6.07, 6.45) is 3.87. The van der Waals surface area contributed by atoms with E-state index in [2.05, 4.69) is 24.1 Å². The van der Waals surface area contributed by atoms with Crippen LogP contribution in [0, 0.1) is 5.92 Å². The average molecular weight is 214 g/mol. The fraction of sp³-hybridized carbons (Fsp3) is 1.00. The highest BCUT2D eigenvalue weighted by Gasteiger charge is 2.25. The summed E-state index contributed by atoms with van der Waals surface area (Å²) >= 11 is 0. The normalized spacial score (nSPS) is 18.8. The highest BCUT2D eigenvalue weighted by atomic mass is 16.3. The molecule has 0 heterocycles. The molecule has 1 fully saturated rings. The van der Waals surface area contributed by atoms with Crippen molar-refractivity contribution in [3.05, 3.63) is 0 Å². The number of hydrogen-bond donors (Lipinski definition) is 2. The Morgan fingerprint density at radius 1 is 1.40 bits per heavy atom. The number of nitrogens with one attached hydrogen (secondary N) is 1. The third-order valence-corrected chi connectivity index (χ3v) is 3.31. The van der Waals surface area contributed by atoms with Gasteiger partial charge in [0, 0.05) is 18.6 Å². The van der Waals surface area contributed by atoms with Crippen LogP contribution in [0.1, 0.15) is 33.1 Å². The Morgan fingerprint density at radius 3 is 2.47 bits per heavy atom.